The molecule has 1 saturated carbocycles. The van der Waals surface area contributed by atoms with Crippen LogP contribution in [-0.4, -0.2) is 29.5 Å². The third kappa shape index (κ3) is 3.22. The standard InChI is InChI=1S/C13H19F3O3/c1-7-10(12(17)18)6-11(19-7)8-3-2-4-9(5-8)13(14,15)16/h7-11H,2-6H2,1H3,(H,17,18). The molecule has 0 spiro atoms. The molecule has 1 saturated heterocycles. The Labute approximate surface area is 110 Å². The van der Waals surface area contributed by atoms with Gasteiger partial charge in [-0.25, -0.2) is 0 Å². The Hall–Kier alpha value is -0.780. The van der Waals surface area contributed by atoms with Crippen LogP contribution >= 0.6 is 0 Å². The summed E-state index contributed by atoms with van der Waals surface area (Å²) < 4.78 is 43.8. The minimum atomic E-state index is -4.14. The van der Waals surface area contributed by atoms with Crippen molar-refractivity contribution in [3.8, 4) is 0 Å². The van der Waals surface area contributed by atoms with Gasteiger partial charge in [-0.15, -0.1) is 0 Å². The number of alkyl halides is 3. The number of aliphatic carboxylic acids is 1. The minimum Gasteiger partial charge on any atom is -0.481 e. The predicted molar refractivity (Wildman–Crippen MR) is 61.6 cm³/mol. The molecule has 0 aromatic heterocycles. The molecule has 5 atom stereocenters. The van der Waals surface area contributed by atoms with E-state index >= 15 is 0 Å². The quantitative estimate of drug-likeness (QED) is 0.844. The van der Waals surface area contributed by atoms with Gasteiger partial charge in [0.15, 0.2) is 0 Å². The lowest BCUT2D eigenvalue weighted by Gasteiger charge is -2.33. The highest BCUT2D eigenvalue weighted by Crippen LogP contribution is 2.44. The van der Waals surface area contributed by atoms with E-state index in [4.69, 9.17) is 9.84 Å². The van der Waals surface area contributed by atoms with Crippen LogP contribution in [-0.2, 0) is 9.53 Å². The van der Waals surface area contributed by atoms with Crippen molar-refractivity contribution in [2.75, 3.05) is 0 Å². The highest BCUT2D eigenvalue weighted by atomic mass is 19.4. The molecule has 1 aliphatic heterocycles. The van der Waals surface area contributed by atoms with Crippen molar-refractivity contribution >= 4 is 5.97 Å². The summed E-state index contributed by atoms with van der Waals surface area (Å²) in [5.74, 6) is -2.92. The van der Waals surface area contributed by atoms with E-state index in [-0.39, 0.29) is 24.9 Å². The third-order valence-corrected chi connectivity index (χ3v) is 4.46. The van der Waals surface area contributed by atoms with Gasteiger partial charge in [0.2, 0.25) is 0 Å². The second kappa shape index (κ2) is 5.31. The van der Waals surface area contributed by atoms with Crippen molar-refractivity contribution in [2.45, 2.75) is 57.4 Å². The van der Waals surface area contributed by atoms with Gasteiger partial charge in [-0.05, 0) is 38.5 Å². The summed E-state index contributed by atoms with van der Waals surface area (Å²) in [4.78, 5) is 11.0. The van der Waals surface area contributed by atoms with E-state index in [1.54, 1.807) is 6.92 Å². The highest BCUT2D eigenvalue weighted by molar-refractivity contribution is 5.71. The molecule has 0 aromatic rings. The second-order valence-electron chi connectivity index (χ2n) is 5.73. The molecule has 19 heavy (non-hydrogen) atoms. The Bertz CT molecular complexity index is 343. The fraction of sp³-hybridized carbons (Fsp3) is 0.923. The van der Waals surface area contributed by atoms with Gasteiger partial charge in [-0.1, -0.05) is 6.42 Å². The number of rotatable bonds is 2. The smallest absolute Gasteiger partial charge is 0.391 e. The van der Waals surface area contributed by atoms with Crippen LogP contribution < -0.4 is 0 Å². The molecule has 1 aliphatic carbocycles. The zero-order valence-corrected chi connectivity index (χ0v) is 10.8. The first-order valence-electron chi connectivity index (χ1n) is 6.74. The average Bonchev–Trinajstić information content (AvgIpc) is 2.70. The molecule has 6 heteroatoms. The third-order valence-electron chi connectivity index (χ3n) is 4.46. The molecule has 1 heterocycles. The lowest BCUT2D eigenvalue weighted by atomic mass is 9.77. The van der Waals surface area contributed by atoms with Gasteiger partial charge < -0.3 is 9.84 Å². The van der Waals surface area contributed by atoms with E-state index < -0.39 is 30.1 Å². The van der Waals surface area contributed by atoms with Gasteiger partial charge in [-0.2, -0.15) is 13.2 Å². The first-order valence-corrected chi connectivity index (χ1v) is 6.74. The van der Waals surface area contributed by atoms with Gasteiger partial charge in [0.1, 0.15) is 0 Å². The Morgan fingerprint density at radius 1 is 1.26 bits per heavy atom. The van der Waals surface area contributed by atoms with Gasteiger partial charge in [0.25, 0.3) is 0 Å². The number of carboxylic acid groups (broad SMARTS) is 1. The highest BCUT2D eigenvalue weighted by Gasteiger charge is 2.47. The molecule has 0 amide bonds. The largest absolute Gasteiger partial charge is 0.481 e. The molecule has 2 fully saturated rings. The molecule has 1 N–H and O–H groups in total. The van der Waals surface area contributed by atoms with E-state index in [2.05, 4.69) is 0 Å². The zero-order valence-electron chi connectivity index (χ0n) is 10.8. The van der Waals surface area contributed by atoms with Crippen molar-refractivity contribution < 1.29 is 27.8 Å². The molecular weight excluding hydrogens is 261 g/mol. The summed E-state index contributed by atoms with van der Waals surface area (Å²) in [5.41, 5.74) is 0. The van der Waals surface area contributed by atoms with Crippen molar-refractivity contribution in [3.63, 3.8) is 0 Å². The maximum absolute atomic E-state index is 12.7. The van der Waals surface area contributed by atoms with Crippen molar-refractivity contribution in [1.82, 2.24) is 0 Å². The van der Waals surface area contributed by atoms with Crippen molar-refractivity contribution in [3.05, 3.63) is 0 Å². The van der Waals surface area contributed by atoms with E-state index in [0.717, 1.165) is 0 Å². The van der Waals surface area contributed by atoms with E-state index in [0.29, 0.717) is 19.3 Å². The van der Waals surface area contributed by atoms with Crippen LogP contribution in [0.15, 0.2) is 0 Å². The molecule has 3 nitrogen and oxygen atoms in total. The van der Waals surface area contributed by atoms with E-state index in [1.165, 1.54) is 0 Å². The summed E-state index contributed by atoms with van der Waals surface area (Å²) >= 11 is 0. The number of carbonyl (C=O) groups is 1. The summed E-state index contributed by atoms with van der Waals surface area (Å²) in [6.45, 7) is 1.68. The molecule has 2 aliphatic rings. The molecule has 2 rings (SSSR count). The molecule has 110 valence electrons. The van der Waals surface area contributed by atoms with E-state index in [9.17, 15) is 18.0 Å². The Morgan fingerprint density at radius 3 is 2.47 bits per heavy atom. The number of halogens is 3. The van der Waals surface area contributed by atoms with Crippen LogP contribution in [0.2, 0.25) is 0 Å². The Morgan fingerprint density at radius 2 is 1.95 bits per heavy atom. The van der Waals surface area contributed by atoms with Gasteiger partial charge in [0.05, 0.1) is 24.0 Å². The zero-order chi connectivity index (χ0) is 14.2. The molecule has 0 bridgehead atoms. The monoisotopic (exact) mass is 280 g/mol. The average molecular weight is 280 g/mol. The lowest BCUT2D eigenvalue weighted by Crippen LogP contribution is -2.33. The first-order chi connectivity index (χ1) is 8.79. The van der Waals surface area contributed by atoms with Crippen molar-refractivity contribution in [1.29, 1.82) is 0 Å². The van der Waals surface area contributed by atoms with Crippen LogP contribution in [0.3, 0.4) is 0 Å². The van der Waals surface area contributed by atoms with Crippen LogP contribution in [0.1, 0.15) is 39.0 Å². The Kier molecular flexibility index (Phi) is 4.08. The summed E-state index contributed by atoms with van der Waals surface area (Å²) in [6, 6.07) is 0. The normalized spacial score (nSPS) is 40.3. The fourth-order valence-electron chi connectivity index (χ4n) is 3.34. The number of ether oxygens (including phenoxy) is 1. The number of hydrogen-bond donors (Lipinski definition) is 1. The van der Waals surface area contributed by atoms with Crippen LogP contribution in [0, 0.1) is 17.8 Å². The molecule has 0 radical (unpaired) electrons. The maximum Gasteiger partial charge on any atom is 0.391 e. The number of carboxylic acids is 1. The maximum atomic E-state index is 12.7. The Balaban J connectivity index is 1.97. The topological polar surface area (TPSA) is 46.5 Å². The van der Waals surface area contributed by atoms with Gasteiger partial charge in [0, 0.05) is 0 Å². The van der Waals surface area contributed by atoms with Gasteiger partial charge >= 0.3 is 12.1 Å². The summed E-state index contributed by atoms with van der Waals surface area (Å²) in [5, 5.41) is 9.02. The molecular formula is C13H19F3O3. The summed E-state index contributed by atoms with van der Waals surface area (Å²) in [6.07, 6.45) is -3.04. The second-order valence-corrected chi connectivity index (χ2v) is 5.73. The van der Waals surface area contributed by atoms with Crippen molar-refractivity contribution in [2.24, 2.45) is 17.8 Å². The first kappa shape index (κ1) is 14.6. The van der Waals surface area contributed by atoms with Crippen LogP contribution in [0.5, 0.6) is 0 Å². The van der Waals surface area contributed by atoms with Gasteiger partial charge in [-0.3, -0.25) is 4.79 Å². The lowest BCUT2D eigenvalue weighted by molar-refractivity contribution is -0.189. The van der Waals surface area contributed by atoms with Crippen LogP contribution in [0.4, 0.5) is 13.2 Å². The predicted octanol–water partition coefficient (Wildman–Crippen LogP) is 3.23. The SMILES string of the molecule is CC1OC(C2CCCC(C(F)(F)F)C2)CC1C(=O)O. The molecule has 5 unspecified atom stereocenters. The number of hydrogen-bond acceptors (Lipinski definition) is 2. The minimum absolute atomic E-state index is 0.0766. The van der Waals surface area contributed by atoms with Crippen LogP contribution in [0.25, 0.3) is 0 Å². The summed E-state index contributed by atoms with van der Waals surface area (Å²) in [7, 11) is 0. The fourth-order valence-corrected chi connectivity index (χ4v) is 3.34. The van der Waals surface area contributed by atoms with E-state index in [1.807, 2.05) is 0 Å². The molecule has 0 aromatic carbocycles.